The van der Waals surface area contributed by atoms with E-state index in [9.17, 15) is 4.79 Å². The average Bonchev–Trinajstić information content (AvgIpc) is 2.42. The van der Waals surface area contributed by atoms with E-state index in [2.05, 4.69) is 5.10 Å². The minimum atomic E-state index is 0.134. The second kappa shape index (κ2) is 4.74. The summed E-state index contributed by atoms with van der Waals surface area (Å²) in [7, 11) is 1.86. The van der Waals surface area contributed by atoms with Gasteiger partial charge < -0.3 is 0 Å². The summed E-state index contributed by atoms with van der Waals surface area (Å²) in [4.78, 5) is 11.4. The van der Waals surface area contributed by atoms with Crippen LogP contribution in [0.1, 0.15) is 24.7 Å². The van der Waals surface area contributed by atoms with Gasteiger partial charge in [0.05, 0.1) is 12.1 Å². The highest BCUT2D eigenvalue weighted by molar-refractivity contribution is 5.91. The van der Waals surface area contributed by atoms with Gasteiger partial charge in [-0.1, -0.05) is 13.0 Å². The first-order chi connectivity index (χ1) is 6.63. The molecule has 0 unspecified atom stereocenters. The maximum absolute atomic E-state index is 11.4. The van der Waals surface area contributed by atoms with E-state index in [-0.39, 0.29) is 5.78 Å². The van der Waals surface area contributed by atoms with E-state index in [1.807, 2.05) is 33.0 Å². The Kier molecular flexibility index (Phi) is 3.63. The van der Waals surface area contributed by atoms with Gasteiger partial charge in [0.1, 0.15) is 0 Å². The molecule has 0 aliphatic rings. The predicted molar refractivity (Wildman–Crippen MR) is 56.1 cm³/mol. The molecule has 3 heteroatoms. The van der Waals surface area contributed by atoms with Crippen molar-refractivity contribution in [3.05, 3.63) is 29.6 Å². The Morgan fingerprint density at radius 2 is 2.36 bits per heavy atom. The van der Waals surface area contributed by atoms with Gasteiger partial charge in [-0.25, -0.2) is 0 Å². The molecule has 0 N–H and O–H groups in total. The van der Waals surface area contributed by atoms with Crippen LogP contribution in [0.25, 0.3) is 0 Å². The first kappa shape index (κ1) is 10.7. The standard InChI is InChI=1S/C11H16N2O/c1-4-5-6-11(14)8-10-7-9(2)12-13(10)3/h5-7H,4,8H2,1-3H3/b6-5+. The van der Waals surface area contributed by atoms with Crippen molar-refractivity contribution in [3.8, 4) is 0 Å². The van der Waals surface area contributed by atoms with Crippen LogP contribution in [-0.4, -0.2) is 15.6 Å². The van der Waals surface area contributed by atoms with Gasteiger partial charge in [0.2, 0.25) is 0 Å². The Hall–Kier alpha value is -1.38. The first-order valence-corrected chi connectivity index (χ1v) is 4.82. The van der Waals surface area contributed by atoms with Crippen molar-refractivity contribution in [2.45, 2.75) is 26.7 Å². The van der Waals surface area contributed by atoms with Crippen molar-refractivity contribution >= 4 is 5.78 Å². The lowest BCUT2D eigenvalue weighted by atomic mass is 10.2. The van der Waals surface area contributed by atoms with Gasteiger partial charge in [0, 0.05) is 12.7 Å². The molecule has 1 heterocycles. The van der Waals surface area contributed by atoms with Crippen molar-refractivity contribution in [2.75, 3.05) is 0 Å². The van der Waals surface area contributed by atoms with Gasteiger partial charge in [-0.2, -0.15) is 5.10 Å². The highest BCUT2D eigenvalue weighted by Crippen LogP contribution is 2.03. The van der Waals surface area contributed by atoms with Crippen LogP contribution in [0.2, 0.25) is 0 Å². The SMILES string of the molecule is CC/C=C/C(=O)Cc1cc(C)nn1C. The Bertz CT molecular complexity index is 350. The fourth-order valence-electron chi connectivity index (χ4n) is 1.32. The number of ketones is 1. The summed E-state index contributed by atoms with van der Waals surface area (Å²) in [6, 6.07) is 1.94. The Balaban J connectivity index is 2.64. The summed E-state index contributed by atoms with van der Waals surface area (Å²) < 4.78 is 1.76. The molecule has 0 spiro atoms. The molecular formula is C11H16N2O. The molecule has 0 aromatic carbocycles. The molecule has 0 aliphatic heterocycles. The van der Waals surface area contributed by atoms with Gasteiger partial charge in [0.15, 0.2) is 5.78 Å². The van der Waals surface area contributed by atoms with Crippen molar-refractivity contribution in [1.82, 2.24) is 9.78 Å². The maximum Gasteiger partial charge on any atom is 0.161 e. The normalized spacial score (nSPS) is 11.1. The van der Waals surface area contributed by atoms with Crippen LogP contribution in [-0.2, 0) is 18.3 Å². The van der Waals surface area contributed by atoms with Gasteiger partial charge in [0.25, 0.3) is 0 Å². The quantitative estimate of drug-likeness (QED) is 0.682. The summed E-state index contributed by atoms with van der Waals surface area (Å²) in [5.74, 6) is 0.134. The first-order valence-electron chi connectivity index (χ1n) is 4.82. The lowest BCUT2D eigenvalue weighted by molar-refractivity contribution is -0.114. The summed E-state index contributed by atoms with van der Waals surface area (Å²) >= 11 is 0. The molecular weight excluding hydrogens is 176 g/mol. The number of rotatable bonds is 4. The van der Waals surface area contributed by atoms with E-state index >= 15 is 0 Å². The largest absolute Gasteiger partial charge is 0.294 e. The van der Waals surface area contributed by atoms with Crippen molar-refractivity contribution in [3.63, 3.8) is 0 Å². The zero-order chi connectivity index (χ0) is 10.6. The molecule has 14 heavy (non-hydrogen) atoms. The molecule has 1 aromatic rings. The third-order valence-corrected chi connectivity index (χ3v) is 1.99. The molecule has 0 amide bonds. The topological polar surface area (TPSA) is 34.9 Å². The number of nitrogens with zero attached hydrogens (tertiary/aromatic N) is 2. The second-order valence-corrected chi connectivity index (χ2v) is 3.35. The number of aryl methyl sites for hydroxylation is 2. The van der Waals surface area contributed by atoms with Gasteiger partial charge >= 0.3 is 0 Å². The number of hydrogen-bond donors (Lipinski definition) is 0. The predicted octanol–water partition coefficient (Wildman–Crippen LogP) is 1.81. The van der Waals surface area contributed by atoms with Crippen LogP contribution in [0.5, 0.6) is 0 Å². The monoisotopic (exact) mass is 192 g/mol. The third kappa shape index (κ3) is 2.83. The van der Waals surface area contributed by atoms with Gasteiger partial charge in [-0.05, 0) is 25.5 Å². The van der Waals surface area contributed by atoms with Crippen LogP contribution >= 0.6 is 0 Å². The van der Waals surface area contributed by atoms with Crippen molar-refractivity contribution in [2.24, 2.45) is 7.05 Å². The molecule has 0 aliphatic carbocycles. The van der Waals surface area contributed by atoms with E-state index < -0.39 is 0 Å². The van der Waals surface area contributed by atoms with E-state index in [1.165, 1.54) is 0 Å². The van der Waals surface area contributed by atoms with E-state index in [4.69, 9.17) is 0 Å². The van der Waals surface area contributed by atoms with Crippen molar-refractivity contribution in [1.29, 1.82) is 0 Å². The van der Waals surface area contributed by atoms with Gasteiger partial charge in [-0.3, -0.25) is 9.48 Å². The minimum Gasteiger partial charge on any atom is -0.294 e. The fraction of sp³-hybridized carbons (Fsp3) is 0.455. The van der Waals surface area contributed by atoms with E-state index in [1.54, 1.807) is 10.8 Å². The van der Waals surface area contributed by atoms with Crippen LogP contribution < -0.4 is 0 Å². The van der Waals surface area contributed by atoms with E-state index in [0.29, 0.717) is 6.42 Å². The number of carbonyl (C=O) groups excluding carboxylic acids is 1. The summed E-state index contributed by atoms with van der Waals surface area (Å²) in [6.45, 7) is 3.94. The number of hydrogen-bond acceptors (Lipinski definition) is 2. The smallest absolute Gasteiger partial charge is 0.161 e. The molecule has 0 radical (unpaired) electrons. The highest BCUT2D eigenvalue weighted by Gasteiger charge is 2.05. The summed E-state index contributed by atoms with van der Waals surface area (Å²) in [6.07, 6.45) is 4.86. The average molecular weight is 192 g/mol. The van der Waals surface area contributed by atoms with Crippen molar-refractivity contribution < 1.29 is 4.79 Å². The lowest BCUT2D eigenvalue weighted by Crippen LogP contribution is -2.04. The molecule has 0 saturated carbocycles. The molecule has 0 fully saturated rings. The molecule has 0 atom stereocenters. The zero-order valence-corrected chi connectivity index (χ0v) is 8.95. The molecule has 3 nitrogen and oxygen atoms in total. The van der Waals surface area contributed by atoms with Gasteiger partial charge in [-0.15, -0.1) is 0 Å². The number of allylic oxidation sites excluding steroid dienone is 2. The summed E-state index contributed by atoms with van der Waals surface area (Å²) in [5.41, 5.74) is 1.92. The minimum absolute atomic E-state index is 0.134. The fourth-order valence-corrected chi connectivity index (χ4v) is 1.32. The van der Waals surface area contributed by atoms with Crippen LogP contribution in [0.4, 0.5) is 0 Å². The van der Waals surface area contributed by atoms with Crippen LogP contribution in [0.3, 0.4) is 0 Å². The molecule has 0 saturated heterocycles. The Morgan fingerprint density at radius 1 is 1.64 bits per heavy atom. The van der Waals surface area contributed by atoms with E-state index in [0.717, 1.165) is 17.8 Å². The zero-order valence-electron chi connectivity index (χ0n) is 8.95. The second-order valence-electron chi connectivity index (χ2n) is 3.35. The van der Waals surface area contributed by atoms with Crippen LogP contribution in [0, 0.1) is 6.92 Å². The maximum atomic E-state index is 11.4. The molecule has 1 rings (SSSR count). The molecule has 1 aromatic heterocycles. The highest BCUT2D eigenvalue weighted by atomic mass is 16.1. The molecule has 76 valence electrons. The Labute approximate surface area is 84.4 Å². The Morgan fingerprint density at radius 3 is 2.86 bits per heavy atom. The van der Waals surface area contributed by atoms with Crippen LogP contribution in [0.15, 0.2) is 18.2 Å². The number of carbonyl (C=O) groups is 1. The molecule has 0 bridgehead atoms. The lowest BCUT2D eigenvalue weighted by Gasteiger charge is -1.97. The third-order valence-electron chi connectivity index (χ3n) is 1.99. The number of aromatic nitrogens is 2. The summed E-state index contributed by atoms with van der Waals surface area (Å²) in [5, 5.41) is 4.18.